The monoisotopic (exact) mass is 266 g/mol. The maximum atomic E-state index is 12.1. The van der Waals surface area contributed by atoms with Crippen molar-refractivity contribution in [1.29, 1.82) is 0 Å². The van der Waals surface area contributed by atoms with Gasteiger partial charge in [-0.1, -0.05) is 18.9 Å². The third kappa shape index (κ3) is 3.82. The Bertz CT molecular complexity index is 364. The molecule has 1 atom stereocenters. The van der Waals surface area contributed by atoms with Gasteiger partial charge in [0.1, 0.15) is 0 Å². The fourth-order valence-corrected chi connectivity index (χ4v) is 3.17. The molecule has 0 bridgehead atoms. The quantitative estimate of drug-likeness (QED) is 0.907. The standard InChI is InChI=1S/C14H22N2OS/c1-16-10-4-2-3-7-13(16)14(17)15-9-8-12-6-5-11-18-12/h5-6,11,13H,2-4,7-10H2,1H3,(H,15,17). The smallest absolute Gasteiger partial charge is 0.237 e. The van der Waals surface area contributed by atoms with E-state index in [1.807, 2.05) is 0 Å². The van der Waals surface area contributed by atoms with E-state index in [0.29, 0.717) is 0 Å². The number of rotatable bonds is 4. The van der Waals surface area contributed by atoms with Crippen LogP contribution in [0.1, 0.15) is 30.6 Å². The molecule has 1 aliphatic rings. The Morgan fingerprint density at radius 3 is 3.17 bits per heavy atom. The zero-order valence-corrected chi connectivity index (χ0v) is 11.8. The molecule has 1 aliphatic heterocycles. The molecule has 1 fully saturated rings. The minimum Gasteiger partial charge on any atom is -0.354 e. The van der Waals surface area contributed by atoms with Gasteiger partial charge < -0.3 is 5.32 Å². The summed E-state index contributed by atoms with van der Waals surface area (Å²) in [5.41, 5.74) is 0. The van der Waals surface area contributed by atoms with Gasteiger partial charge in [-0.25, -0.2) is 0 Å². The number of likely N-dealkylation sites (N-methyl/N-ethyl adjacent to an activating group) is 1. The second-order valence-corrected chi connectivity index (χ2v) is 6.00. The highest BCUT2D eigenvalue weighted by Gasteiger charge is 2.23. The second kappa shape index (κ2) is 6.90. The summed E-state index contributed by atoms with van der Waals surface area (Å²) < 4.78 is 0. The number of hydrogen-bond donors (Lipinski definition) is 1. The first-order valence-corrected chi connectivity index (χ1v) is 7.65. The first-order chi connectivity index (χ1) is 8.77. The normalized spacial score (nSPS) is 21.5. The number of likely N-dealkylation sites (tertiary alicyclic amines) is 1. The van der Waals surface area contributed by atoms with E-state index in [1.165, 1.54) is 24.1 Å². The van der Waals surface area contributed by atoms with Crippen molar-refractivity contribution in [3.63, 3.8) is 0 Å². The van der Waals surface area contributed by atoms with Crippen LogP contribution in [0.2, 0.25) is 0 Å². The summed E-state index contributed by atoms with van der Waals surface area (Å²) in [7, 11) is 2.06. The van der Waals surface area contributed by atoms with Gasteiger partial charge in [0, 0.05) is 11.4 Å². The number of amides is 1. The third-order valence-corrected chi connectivity index (χ3v) is 4.51. The topological polar surface area (TPSA) is 32.3 Å². The Labute approximate surface area is 113 Å². The van der Waals surface area contributed by atoms with Crippen molar-refractivity contribution in [3.8, 4) is 0 Å². The van der Waals surface area contributed by atoms with E-state index in [4.69, 9.17) is 0 Å². The summed E-state index contributed by atoms with van der Waals surface area (Å²) in [6.07, 6.45) is 5.59. The van der Waals surface area contributed by atoms with Gasteiger partial charge in [0.2, 0.25) is 5.91 Å². The van der Waals surface area contributed by atoms with Crippen LogP contribution in [0.3, 0.4) is 0 Å². The summed E-state index contributed by atoms with van der Waals surface area (Å²) in [6.45, 7) is 1.80. The van der Waals surface area contributed by atoms with Crippen LogP contribution in [0.15, 0.2) is 17.5 Å². The molecule has 0 radical (unpaired) electrons. The fraction of sp³-hybridized carbons (Fsp3) is 0.643. The van der Waals surface area contributed by atoms with Gasteiger partial charge in [0.15, 0.2) is 0 Å². The largest absolute Gasteiger partial charge is 0.354 e. The number of nitrogens with zero attached hydrogens (tertiary/aromatic N) is 1. The third-order valence-electron chi connectivity index (χ3n) is 3.57. The lowest BCUT2D eigenvalue weighted by atomic mass is 10.1. The van der Waals surface area contributed by atoms with Crippen molar-refractivity contribution in [1.82, 2.24) is 10.2 Å². The van der Waals surface area contributed by atoms with E-state index in [1.54, 1.807) is 11.3 Å². The summed E-state index contributed by atoms with van der Waals surface area (Å²) in [5, 5.41) is 5.15. The summed E-state index contributed by atoms with van der Waals surface area (Å²) >= 11 is 1.75. The zero-order chi connectivity index (χ0) is 12.8. The molecule has 0 aromatic carbocycles. The number of hydrogen-bond acceptors (Lipinski definition) is 3. The van der Waals surface area contributed by atoms with Crippen LogP contribution in [0.4, 0.5) is 0 Å². The summed E-state index contributed by atoms with van der Waals surface area (Å²) in [6, 6.07) is 4.26. The molecule has 0 aliphatic carbocycles. The van der Waals surface area contributed by atoms with Gasteiger partial charge in [-0.15, -0.1) is 11.3 Å². The molecule has 2 heterocycles. The van der Waals surface area contributed by atoms with Gasteiger partial charge in [0.05, 0.1) is 6.04 Å². The molecule has 1 N–H and O–H groups in total. The molecule has 1 aromatic rings. The van der Waals surface area contributed by atoms with Crippen molar-refractivity contribution in [2.75, 3.05) is 20.1 Å². The zero-order valence-electron chi connectivity index (χ0n) is 11.0. The predicted molar refractivity (Wildman–Crippen MR) is 75.9 cm³/mol. The Morgan fingerprint density at radius 1 is 1.50 bits per heavy atom. The molecule has 3 nitrogen and oxygen atoms in total. The molecule has 1 amide bonds. The molecule has 0 spiro atoms. The average molecular weight is 266 g/mol. The Hall–Kier alpha value is -0.870. The number of carbonyl (C=O) groups is 1. The van der Waals surface area contributed by atoms with Crippen molar-refractivity contribution < 1.29 is 4.79 Å². The van der Waals surface area contributed by atoms with Crippen LogP contribution >= 0.6 is 11.3 Å². The minimum absolute atomic E-state index is 0.0795. The van der Waals surface area contributed by atoms with Crippen LogP contribution in [0.5, 0.6) is 0 Å². The molecular weight excluding hydrogens is 244 g/mol. The van der Waals surface area contributed by atoms with Crippen molar-refractivity contribution >= 4 is 17.2 Å². The lowest BCUT2D eigenvalue weighted by Crippen LogP contribution is -2.45. The molecule has 100 valence electrons. The van der Waals surface area contributed by atoms with Crippen LogP contribution < -0.4 is 5.32 Å². The maximum absolute atomic E-state index is 12.1. The number of nitrogens with one attached hydrogen (secondary N) is 1. The molecule has 1 unspecified atom stereocenters. The van der Waals surface area contributed by atoms with Gasteiger partial charge in [0.25, 0.3) is 0 Å². The minimum atomic E-state index is 0.0795. The number of thiophene rings is 1. The van der Waals surface area contributed by atoms with E-state index < -0.39 is 0 Å². The summed E-state index contributed by atoms with van der Waals surface area (Å²) in [5.74, 6) is 0.205. The Kier molecular flexibility index (Phi) is 5.20. The fourth-order valence-electron chi connectivity index (χ4n) is 2.46. The van der Waals surface area contributed by atoms with E-state index >= 15 is 0 Å². The average Bonchev–Trinajstić information content (AvgIpc) is 2.77. The van der Waals surface area contributed by atoms with Crippen LogP contribution in [0, 0.1) is 0 Å². The Morgan fingerprint density at radius 2 is 2.39 bits per heavy atom. The van der Waals surface area contributed by atoms with E-state index in [9.17, 15) is 4.79 Å². The van der Waals surface area contributed by atoms with Crippen molar-refractivity contribution in [2.24, 2.45) is 0 Å². The highest BCUT2D eigenvalue weighted by atomic mass is 32.1. The lowest BCUT2D eigenvalue weighted by molar-refractivity contribution is -0.126. The van der Waals surface area contributed by atoms with Crippen LogP contribution in [0.25, 0.3) is 0 Å². The summed E-state index contributed by atoms with van der Waals surface area (Å²) in [4.78, 5) is 15.7. The first-order valence-electron chi connectivity index (χ1n) is 6.77. The predicted octanol–water partition coefficient (Wildman–Crippen LogP) is 2.28. The highest BCUT2D eigenvalue weighted by Crippen LogP contribution is 2.15. The molecule has 2 rings (SSSR count). The second-order valence-electron chi connectivity index (χ2n) is 4.97. The lowest BCUT2D eigenvalue weighted by Gasteiger charge is -2.24. The number of carbonyl (C=O) groups excluding carboxylic acids is 1. The SMILES string of the molecule is CN1CCCCCC1C(=O)NCCc1cccs1. The van der Waals surface area contributed by atoms with Gasteiger partial charge in [-0.2, -0.15) is 0 Å². The van der Waals surface area contributed by atoms with Crippen molar-refractivity contribution in [2.45, 2.75) is 38.1 Å². The highest BCUT2D eigenvalue weighted by molar-refractivity contribution is 7.09. The van der Waals surface area contributed by atoms with Crippen molar-refractivity contribution in [3.05, 3.63) is 22.4 Å². The molecule has 4 heteroatoms. The van der Waals surface area contributed by atoms with E-state index in [-0.39, 0.29) is 11.9 Å². The molecule has 18 heavy (non-hydrogen) atoms. The van der Waals surface area contributed by atoms with E-state index in [2.05, 4.69) is 34.8 Å². The first kappa shape index (κ1) is 13.6. The Balaban J connectivity index is 1.76. The van der Waals surface area contributed by atoms with E-state index in [0.717, 1.165) is 25.9 Å². The van der Waals surface area contributed by atoms with Crippen LogP contribution in [-0.2, 0) is 11.2 Å². The molecule has 0 saturated carbocycles. The molecule has 1 aromatic heterocycles. The van der Waals surface area contributed by atoms with Crippen LogP contribution in [-0.4, -0.2) is 37.0 Å². The maximum Gasteiger partial charge on any atom is 0.237 e. The van der Waals surface area contributed by atoms with Gasteiger partial charge in [-0.05, 0) is 44.3 Å². The molecule has 1 saturated heterocycles. The van der Waals surface area contributed by atoms with Gasteiger partial charge in [-0.3, -0.25) is 9.69 Å². The molecular formula is C14H22N2OS. The van der Waals surface area contributed by atoms with Gasteiger partial charge >= 0.3 is 0 Å².